The van der Waals surface area contributed by atoms with Gasteiger partial charge >= 0.3 is 5.97 Å². The fourth-order valence-electron chi connectivity index (χ4n) is 1.68. The Kier molecular flexibility index (Phi) is 7.79. The summed E-state index contributed by atoms with van der Waals surface area (Å²) in [5, 5.41) is 14.1. The van der Waals surface area contributed by atoms with E-state index in [-0.39, 0.29) is 11.8 Å². The Morgan fingerprint density at radius 3 is 2.11 bits per heavy atom. The Balaban J connectivity index is 4.65. The summed E-state index contributed by atoms with van der Waals surface area (Å²) in [5.41, 5.74) is 0. The molecule has 2 amide bonds. The van der Waals surface area contributed by atoms with E-state index in [2.05, 4.69) is 10.6 Å². The van der Waals surface area contributed by atoms with Gasteiger partial charge in [-0.25, -0.2) is 4.79 Å². The van der Waals surface area contributed by atoms with E-state index in [1.165, 1.54) is 6.92 Å². The number of unbranched alkanes of at least 4 members (excludes halogenated alkanes) is 1. The molecule has 0 aromatic rings. The highest BCUT2D eigenvalue weighted by Crippen LogP contribution is 2.05. The summed E-state index contributed by atoms with van der Waals surface area (Å²) in [6, 6.07) is -1.61. The lowest BCUT2D eigenvalue weighted by atomic mass is 10.0. The summed E-state index contributed by atoms with van der Waals surface area (Å²) in [4.78, 5) is 34.1. The average molecular weight is 272 g/mol. The van der Waals surface area contributed by atoms with Crippen molar-refractivity contribution in [3.8, 4) is 0 Å². The van der Waals surface area contributed by atoms with Crippen LogP contribution in [0.15, 0.2) is 0 Å². The normalized spacial score (nSPS) is 13.7. The molecule has 0 aromatic heterocycles. The lowest BCUT2D eigenvalue weighted by Crippen LogP contribution is -2.53. The Hall–Kier alpha value is -1.59. The largest absolute Gasteiger partial charge is 0.480 e. The Morgan fingerprint density at radius 2 is 1.74 bits per heavy atom. The van der Waals surface area contributed by atoms with Crippen LogP contribution in [-0.2, 0) is 14.4 Å². The molecule has 0 aliphatic heterocycles. The van der Waals surface area contributed by atoms with E-state index in [1.54, 1.807) is 13.8 Å². The summed E-state index contributed by atoms with van der Waals surface area (Å²) in [6.07, 6.45) is 1.98. The Labute approximate surface area is 113 Å². The molecule has 0 bridgehead atoms. The van der Waals surface area contributed by atoms with Crippen LogP contribution < -0.4 is 10.6 Å². The first-order chi connectivity index (χ1) is 8.79. The molecule has 0 fully saturated rings. The third-order valence-corrected chi connectivity index (χ3v) is 2.77. The molecule has 6 nitrogen and oxygen atoms in total. The van der Waals surface area contributed by atoms with Crippen molar-refractivity contribution in [2.45, 2.75) is 59.0 Å². The molecule has 0 saturated heterocycles. The molecule has 0 spiro atoms. The molecular weight excluding hydrogens is 248 g/mol. The summed E-state index contributed by atoms with van der Waals surface area (Å²) < 4.78 is 0. The van der Waals surface area contributed by atoms with Crippen LogP contribution >= 0.6 is 0 Å². The minimum absolute atomic E-state index is 0.107. The maximum absolute atomic E-state index is 12.0. The molecule has 1 unspecified atom stereocenters. The maximum atomic E-state index is 12.0. The number of nitrogens with one attached hydrogen (secondary N) is 2. The monoisotopic (exact) mass is 272 g/mol. The molecular formula is C13H24N2O4. The van der Waals surface area contributed by atoms with Crippen molar-refractivity contribution in [2.75, 3.05) is 0 Å². The van der Waals surface area contributed by atoms with E-state index in [0.29, 0.717) is 6.42 Å². The highest BCUT2D eigenvalue weighted by Gasteiger charge is 2.27. The van der Waals surface area contributed by atoms with Crippen LogP contribution in [0.3, 0.4) is 0 Å². The van der Waals surface area contributed by atoms with E-state index in [1.807, 2.05) is 6.92 Å². The van der Waals surface area contributed by atoms with Gasteiger partial charge in [-0.1, -0.05) is 33.6 Å². The lowest BCUT2D eigenvalue weighted by Gasteiger charge is -2.23. The maximum Gasteiger partial charge on any atom is 0.326 e. The van der Waals surface area contributed by atoms with Gasteiger partial charge in [0.25, 0.3) is 0 Å². The van der Waals surface area contributed by atoms with Crippen LogP contribution in [0.5, 0.6) is 0 Å². The van der Waals surface area contributed by atoms with Gasteiger partial charge in [-0.3, -0.25) is 9.59 Å². The molecule has 0 aliphatic carbocycles. The zero-order chi connectivity index (χ0) is 15.0. The molecule has 0 radical (unpaired) electrons. The predicted octanol–water partition coefficient (Wildman–Crippen LogP) is 0.907. The minimum atomic E-state index is -1.05. The van der Waals surface area contributed by atoms with Crippen LogP contribution in [0.4, 0.5) is 0 Å². The number of carbonyl (C=O) groups excluding carboxylic acids is 2. The van der Waals surface area contributed by atoms with Crippen molar-refractivity contribution >= 4 is 17.8 Å². The zero-order valence-electron chi connectivity index (χ0n) is 12.0. The van der Waals surface area contributed by atoms with Crippen LogP contribution in [-0.4, -0.2) is 35.0 Å². The van der Waals surface area contributed by atoms with Crippen molar-refractivity contribution in [1.29, 1.82) is 0 Å². The summed E-state index contributed by atoms with van der Waals surface area (Å²) in [5.74, 6) is -1.92. The number of carboxylic acid groups (broad SMARTS) is 1. The number of aliphatic carboxylic acids is 1. The van der Waals surface area contributed by atoms with Crippen LogP contribution in [0.2, 0.25) is 0 Å². The third-order valence-electron chi connectivity index (χ3n) is 2.77. The second kappa shape index (κ2) is 8.50. The van der Waals surface area contributed by atoms with Gasteiger partial charge in [0.1, 0.15) is 12.1 Å². The van der Waals surface area contributed by atoms with Crippen LogP contribution in [0.1, 0.15) is 47.0 Å². The van der Waals surface area contributed by atoms with E-state index in [0.717, 1.165) is 12.8 Å². The second-order valence-electron chi connectivity index (χ2n) is 4.96. The molecule has 110 valence electrons. The van der Waals surface area contributed by atoms with Gasteiger partial charge in [0.15, 0.2) is 0 Å². The van der Waals surface area contributed by atoms with Crippen molar-refractivity contribution in [3.05, 3.63) is 0 Å². The van der Waals surface area contributed by atoms with E-state index in [4.69, 9.17) is 5.11 Å². The number of amides is 2. The molecule has 0 aromatic carbocycles. The quantitative estimate of drug-likeness (QED) is 0.612. The summed E-state index contributed by atoms with van der Waals surface area (Å²) >= 11 is 0. The average Bonchev–Trinajstić information content (AvgIpc) is 2.30. The molecule has 6 heteroatoms. The molecule has 19 heavy (non-hydrogen) atoms. The standard InChI is InChI=1S/C13H24N2O4/c1-5-6-7-10(13(18)19)15-12(17)11(8(2)3)14-9(4)16/h8,10-11H,5-7H2,1-4H3,(H,14,16)(H,15,17)(H,18,19)/t10-,11?/m0/s1. The molecule has 0 aliphatic rings. The van der Waals surface area contributed by atoms with Crippen molar-refractivity contribution < 1.29 is 19.5 Å². The number of rotatable bonds is 8. The van der Waals surface area contributed by atoms with E-state index < -0.39 is 24.0 Å². The summed E-state index contributed by atoms with van der Waals surface area (Å²) in [7, 11) is 0. The molecule has 2 atom stereocenters. The van der Waals surface area contributed by atoms with Crippen molar-refractivity contribution in [1.82, 2.24) is 10.6 Å². The van der Waals surface area contributed by atoms with Crippen LogP contribution in [0, 0.1) is 5.92 Å². The third kappa shape index (κ3) is 6.79. The number of carbonyl (C=O) groups is 3. The molecule has 0 saturated carbocycles. The first-order valence-corrected chi connectivity index (χ1v) is 6.59. The van der Waals surface area contributed by atoms with E-state index >= 15 is 0 Å². The van der Waals surface area contributed by atoms with Gasteiger partial charge in [-0.2, -0.15) is 0 Å². The zero-order valence-corrected chi connectivity index (χ0v) is 12.0. The summed E-state index contributed by atoms with van der Waals surface area (Å²) in [6.45, 7) is 6.87. The van der Waals surface area contributed by atoms with Gasteiger partial charge in [0.2, 0.25) is 11.8 Å². The Morgan fingerprint density at radius 1 is 1.16 bits per heavy atom. The minimum Gasteiger partial charge on any atom is -0.480 e. The first kappa shape index (κ1) is 17.4. The lowest BCUT2D eigenvalue weighted by molar-refractivity contribution is -0.142. The smallest absolute Gasteiger partial charge is 0.326 e. The Bertz CT molecular complexity index is 329. The number of carboxylic acids is 1. The van der Waals surface area contributed by atoms with Crippen molar-refractivity contribution in [3.63, 3.8) is 0 Å². The molecule has 0 rings (SSSR count). The highest BCUT2D eigenvalue weighted by atomic mass is 16.4. The topological polar surface area (TPSA) is 95.5 Å². The first-order valence-electron chi connectivity index (χ1n) is 6.59. The fourth-order valence-corrected chi connectivity index (χ4v) is 1.68. The highest BCUT2D eigenvalue weighted by molar-refractivity contribution is 5.90. The second-order valence-corrected chi connectivity index (χ2v) is 4.96. The van der Waals surface area contributed by atoms with Gasteiger partial charge in [-0.05, 0) is 12.3 Å². The van der Waals surface area contributed by atoms with E-state index in [9.17, 15) is 14.4 Å². The fraction of sp³-hybridized carbons (Fsp3) is 0.769. The van der Waals surface area contributed by atoms with Gasteiger partial charge in [0.05, 0.1) is 0 Å². The van der Waals surface area contributed by atoms with Crippen LogP contribution in [0.25, 0.3) is 0 Å². The van der Waals surface area contributed by atoms with Gasteiger partial charge in [-0.15, -0.1) is 0 Å². The van der Waals surface area contributed by atoms with Crippen molar-refractivity contribution in [2.24, 2.45) is 5.92 Å². The van der Waals surface area contributed by atoms with Gasteiger partial charge < -0.3 is 15.7 Å². The number of hydrogen-bond donors (Lipinski definition) is 3. The molecule has 3 N–H and O–H groups in total. The van der Waals surface area contributed by atoms with Gasteiger partial charge in [0, 0.05) is 6.92 Å². The predicted molar refractivity (Wildman–Crippen MR) is 71.5 cm³/mol. The molecule has 0 heterocycles. The SMILES string of the molecule is CCCC[C@H](NC(=O)C(NC(C)=O)C(C)C)C(=O)O. The number of hydrogen-bond acceptors (Lipinski definition) is 3.